The summed E-state index contributed by atoms with van der Waals surface area (Å²) in [4.78, 5) is 12.3. The van der Waals surface area contributed by atoms with E-state index in [-0.39, 0.29) is 35.2 Å². The van der Waals surface area contributed by atoms with Crippen molar-refractivity contribution in [2.45, 2.75) is 103 Å². The first-order chi connectivity index (χ1) is 13.9. The van der Waals surface area contributed by atoms with Crippen molar-refractivity contribution in [3.8, 4) is 0 Å². The molecule has 0 amide bonds. The van der Waals surface area contributed by atoms with Crippen LogP contribution in [0.1, 0.15) is 66.7 Å². The summed E-state index contributed by atoms with van der Waals surface area (Å²) in [6.45, 7) is 15.6. The Bertz CT molecular complexity index is 690. The van der Waals surface area contributed by atoms with Crippen molar-refractivity contribution in [2.24, 2.45) is 23.7 Å². The predicted molar refractivity (Wildman–Crippen MR) is 124 cm³/mol. The highest BCUT2D eigenvalue weighted by Crippen LogP contribution is 2.44. The summed E-state index contributed by atoms with van der Waals surface area (Å²) in [7, 11) is -1.91. The second-order valence-electron chi connectivity index (χ2n) is 11.5. The largest absolute Gasteiger partial charge is 0.462 e. The molecule has 170 valence electrons. The number of ether oxygens (including phenoxy) is 1. The highest BCUT2D eigenvalue weighted by molar-refractivity contribution is 6.74. The Kier molecular flexibility index (Phi) is 7.05. The zero-order valence-electron chi connectivity index (χ0n) is 20.0. The molecule has 0 aromatic heterocycles. The summed E-state index contributed by atoms with van der Waals surface area (Å²) in [5.74, 6) is 1.33. The van der Waals surface area contributed by atoms with Crippen molar-refractivity contribution in [1.29, 1.82) is 0 Å². The van der Waals surface area contributed by atoms with E-state index in [2.05, 4.69) is 65.9 Å². The number of aliphatic hydroxyl groups is 1. The standard InChI is InChI=1S/C25H42O4Si/c1-16-12-18-9-8-17(2)21(24(18)22(26)13-16)11-10-19-14-20(15-23(27)28-19)29-30(6,7)25(3,4)5/h8-9,12,16-17,19-22,24,26H,10-11,13-15H2,1-7H3/t16-,17-,19+,20+,21-,22-,24-/m1/s1. The van der Waals surface area contributed by atoms with Crippen LogP contribution in [0.4, 0.5) is 0 Å². The van der Waals surface area contributed by atoms with Gasteiger partial charge in [0.25, 0.3) is 0 Å². The summed E-state index contributed by atoms with van der Waals surface area (Å²) in [5.41, 5.74) is 1.30. The number of aliphatic hydroxyl groups excluding tert-OH is 1. The molecule has 30 heavy (non-hydrogen) atoms. The summed E-state index contributed by atoms with van der Waals surface area (Å²) >= 11 is 0. The molecular formula is C25H42O4Si. The number of hydrogen-bond donors (Lipinski definition) is 1. The highest BCUT2D eigenvalue weighted by Gasteiger charge is 2.42. The van der Waals surface area contributed by atoms with E-state index < -0.39 is 8.32 Å². The molecular weight excluding hydrogens is 392 g/mol. The fourth-order valence-corrected chi connectivity index (χ4v) is 6.58. The molecule has 0 aromatic carbocycles. The lowest BCUT2D eigenvalue weighted by atomic mass is 9.65. The summed E-state index contributed by atoms with van der Waals surface area (Å²) in [6.07, 6.45) is 10.3. The van der Waals surface area contributed by atoms with Crippen molar-refractivity contribution in [2.75, 3.05) is 0 Å². The second-order valence-corrected chi connectivity index (χ2v) is 16.2. The molecule has 7 atom stereocenters. The zero-order valence-corrected chi connectivity index (χ0v) is 21.0. The fourth-order valence-electron chi connectivity index (χ4n) is 5.21. The maximum atomic E-state index is 12.3. The second kappa shape index (κ2) is 8.91. The first-order valence-corrected chi connectivity index (χ1v) is 14.7. The zero-order chi connectivity index (χ0) is 22.3. The van der Waals surface area contributed by atoms with Crippen molar-refractivity contribution < 1.29 is 19.1 Å². The van der Waals surface area contributed by atoms with Crippen LogP contribution in [0.3, 0.4) is 0 Å². The molecule has 0 unspecified atom stereocenters. The Morgan fingerprint density at radius 1 is 1.20 bits per heavy atom. The van der Waals surface area contributed by atoms with Crippen LogP contribution in [0.5, 0.6) is 0 Å². The molecule has 1 N–H and O–H groups in total. The smallest absolute Gasteiger partial charge is 0.308 e. The van der Waals surface area contributed by atoms with E-state index in [4.69, 9.17) is 9.16 Å². The van der Waals surface area contributed by atoms with E-state index in [9.17, 15) is 9.90 Å². The van der Waals surface area contributed by atoms with Gasteiger partial charge in [0.1, 0.15) is 6.10 Å². The molecule has 0 spiro atoms. The molecule has 0 aromatic rings. The lowest BCUT2D eigenvalue weighted by molar-refractivity contribution is -0.160. The van der Waals surface area contributed by atoms with E-state index in [1.165, 1.54) is 5.57 Å². The highest BCUT2D eigenvalue weighted by atomic mass is 28.4. The third-order valence-electron chi connectivity index (χ3n) is 7.93. The minimum atomic E-state index is -1.91. The Labute approximate surface area is 184 Å². The van der Waals surface area contributed by atoms with Crippen LogP contribution in [0.25, 0.3) is 0 Å². The minimum absolute atomic E-state index is 0.0302. The van der Waals surface area contributed by atoms with Gasteiger partial charge in [-0.05, 0) is 60.7 Å². The van der Waals surface area contributed by atoms with Crippen molar-refractivity contribution in [3.05, 3.63) is 23.8 Å². The molecule has 4 nitrogen and oxygen atoms in total. The van der Waals surface area contributed by atoms with Gasteiger partial charge < -0.3 is 14.3 Å². The van der Waals surface area contributed by atoms with Gasteiger partial charge in [-0.15, -0.1) is 0 Å². The SMILES string of the molecule is C[C@@H]1C=C2C=C[C@@H](C)[C@@H](CC[C@H]3C[C@H](O[Si](C)(C)C(C)(C)C)CC(=O)O3)[C@@H]2[C@H](O)C1. The fraction of sp³-hybridized carbons (Fsp3) is 0.800. The average molecular weight is 435 g/mol. The van der Waals surface area contributed by atoms with Crippen LogP contribution in [-0.4, -0.2) is 37.7 Å². The molecule has 0 bridgehead atoms. The maximum absolute atomic E-state index is 12.3. The first-order valence-electron chi connectivity index (χ1n) is 11.8. The van der Waals surface area contributed by atoms with Gasteiger partial charge in [-0.25, -0.2) is 0 Å². The van der Waals surface area contributed by atoms with E-state index in [1.807, 2.05) is 0 Å². The first kappa shape index (κ1) is 23.7. The van der Waals surface area contributed by atoms with Gasteiger partial charge in [0.2, 0.25) is 0 Å². The van der Waals surface area contributed by atoms with Gasteiger partial charge in [-0.3, -0.25) is 4.79 Å². The van der Waals surface area contributed by atoms with Crippen LogP contribution in [0.2, 0.25) is 18.1 Å². The number of esters is 1. The summed E-state index contributed by atoms with van der Waals surface area (Å²) < 4.78 is 12.3. The number of carbonyl (C=O) groups is 1. The molecule has 1 saturated heterocycles. The van der Waals surface area contributed by atoms with Gasteiger partial charge in [0.05, 0.1) is 18.6 Å². The number of carbonyl (C=O) groups excluding carboxylic acids is 1. The van der Waals surface area contributed by atoms with E-state index in [1.54, 1.807) is 0 Å². The van der Waals surface area contributed by atoms with Gasteiger partial charge >= 0.3 is 5.97 Å². The summed E-state index contributed by atoms with van der Waals surface area (Å²) in [5, 5.41) is 10.9. The quantitative estimate of drug-likeness (QED) is 0.450. The van der Waals surface area contributed by atoms with Gasteiger partial charge in [-0.1, -0.05) is 52.8 Å². The van der Waals surface area contributed by atoms with E-state index in [0.29, 0.717) is 24.2 Å². The molecule has 5 heteroatoms. The molecule has 2 aliphatic carbocycles. The molecule has 1 aliphatic heterocycles. The molecule has 1 heterocycles. The van der Waals surface area contributed by atoms with Gasteiger partial charge in [0, 0.05) is 12.3 Å². The van der Waals surface area contributed by atoms with E-state index in [0.717, 1.165) is 25.7 Å². The van der Waals surface area contributed by atoms with Crippen LogP contribution >= 0.6 is 0 Å². The molecule has 1 fully saturated rings. The van der Waals surface area contributed by atoms with Crippen molar-refractivity contribution in [3.63, 3.8) is 0 Å². The summed E-state index contributed by atoms with van der Waals surface area (Å²) in [6, 6.07) is 0. The normalized spacial score (nSPS) is 37.4. The lowest BCUT2D eigenvalue weighted by Crippen LogP contribution is -2.47. The third kappa shape index (κ3) is 5.28. The Morgan fingerprint density at radius 2 is 1.90 bits per heavy atom. The number of hydrogen-bond acceptors (Lipinski definition) is 4. The van der Waals surface area contributed by atoms with Crippen molar-refractivity contribution in [1.82, 2.24) is 0 Å². The Morgan fingerprint density at radius 3 is 2.57 bits per heavy atom. The number of rotatable bonds is 5. The van der Waals surface area contributed by atoms with Gasteiger partial charge in [0.15, 0.2) is 8.32 Å². The molecule has 0 radical (unpaired) electrons. The maximum Gasteiger partial charge on any atom is 0.308 e. The van der Waals surface area contributed by atoms with Crippen LogP contribution in [0, 0.1) is 23.7 Å². The lowest BCUT2D eigenvalue weighted by Gasteiger charge is -2.43. The minimum Gasteiger partial charge on any atom is -0.462 e. The van der Waals surface area contributed by atoms with E-state index >= 15 is 0 Å². The van der Waals surface area contributed by atoms with Crippen LogP contribution in [-0.2, 0) is 14.0 Å². The number of cyclic esters (lactones) is 1. The number of fused-ring (bicyclic) bond motifs is 1. The van der Waals surface area contributed by atoms with Crippen LogP contribution in [0.15, 0.2) is 23.8 Å². The van der Waals surface area contributed by atoms with Crippen LogP contribution < -0.4 is 0 Å². The average Bonchev–Trinajstić information content (AvgIpc) is 2.59. The van der Waals surface area contributed by atoms with Crippen molar-refractivity contribution >= 4 is 14.3 Å². The topological polar surface area (TPSA) is 55.8 Å². The molecule has 0 saturated carbocycles. The number of allylic oxidation sites excluding steroid dienone is 3. The molecule has 3 aliphatic rings. The molecule has 3 rings (SSSR count). The predicted octanol–water partition coefficient (Wildman–Crippen LogP) is 5.63. The van der Waals surface area contributed by atoms with Gasteiger partial charge in [-0.2, -0.15) is 0 Å². The Balaban J connectivity index is 1.64. The monoisotopic (exact) mass is 434 g/mol. The Hall–Kier alpha value is -0.913. The third-order valence-corrected chi connectivity index (χ3v) is 12.5.